The number of rotatable bonds is 9. The average Bonchev–Trinajstić information content (AvgIpc) is 2.14. The molecule has 0 bridgehead atoms. The molecule has 7 heteroatoms. The summed E-state index contributed by atoms with van der Waals surface area (Å²) in [5, 5.41) is 8.60. The van der Waals surface area contributed by atoms with Gasteiger partial charge in [0.2, 0.25) is 10.0 Å². The van der Waals surface area contributed by atoms with E-state index in [0.717, 1.165) is 0 Å². The van der Waals surface area contributed by atoms with Gasteiger partial charge in [-0.3, -0.25) is 4.79 Å². The third-order valence-corrected chi connectivity index (χ3v) is 3.46. The second-order valence-electron chi connectivity index (χ2n) is 4.06. The summed E-state index contributed by atoms with van der Waals surface area (Å²) < 4.78 is 30.7. The van der Waals surface area contributed by atoms with Crippen molar-refractivity contribution in [3.05, 3.63) is 0 Å². The Bertz CT molecular complexity index is 326. The van der Waals surface area contributed by atoms with Crippen LogP contribution in [0.4, 0.5) is 0 Å². The molecule has 6 nitrogen and oxygen atoms in total. The van der Waals surface area contributed by atoms with Gasteiger partial charge < -0.3 is 9.84 Å². The van der Waals surface area contributed by atoms with Crippen LogP contribution >= 0.6 is 0 Å². The standard InChI is InChI=1S/C10H21NO5S/c1-4-9(7-10(12)13)11-17(14,15)6-5-16-8(2)3/h8-9,11H,4-7H2,1-3H3,(H,12,13). The molecule has 0 aliphatic rings. The fourth-order valence-corrected chi connectivity index (χ4v) is 2.38. The van der Waals surface area contributed by atoms with Gasteiger partial charge in [0.15, 0.2) is 0 Å². The average molecular weight is 267 g/mol. The van der Waals surface area contributed by atoms with Gasteiger partial charge in [0.05, 0.1) is 24.9 Å². The van der Waals surface area contributed by atoms with E-state index in [9.17, 15) is 13.2 Å². The number of aliphatic carboxylic acids is 1. The molecule has 0 aromatic rings. The first kappa shape index (κ1) is 16.3. The van der Waals surface area contributed by atoms with Crippen LogP contribution in [0.2, 0.25) is 0 Å². The molecular formula is C10H21NO5S. The molecule has 0 aromatic carbocycles. The lowest BCUT2D eigenvalue weighted by Gasteiger charge is -2.15. The van der Waals surface area contributed by atoms with Gasteiger partial charge in [0.25, 0.3) is 0 Å². The maximum atomic E-state index is 11.6. The minimum absolute atomic E-state index is 0.0220. The Labute approximate surface area is 102 Å². The van der Waals surface area contributed by atoms with Gasteiger partial charge in [-0.25, -0.2) is 13.1 Å². The maximum absolute atomic E-state index is 11.6. The molecule has 0 saturated heterocycles. The van der Waals surface area contributed by atoms with E-state index in [4.69, 9.17) is 9.84 Å². The first-order valence-corrected chi connectivity index (χ1v) is 7.25. The van der Waals surface area contributed by atoms with E-state index in [1.807, 2.05) is 13.8 Å². The van der Waals surface area contributed by atoms with Gasteiger partial charge in [-0.05, 0) is 20.3 Å². The molecule has 17 heavy (non-hydrogen) atoms. The Hall–Kier alpha value is -0.660. The van der Waals surface area contributed by atoms with E-state index in [1.165, 1.54) is 0 Å². The van der Waals surface area contributed by atoms with Crippen LogP contribution in [-0.2, 0) is 19.6 Å². The van der Waals surface area contributed by atoms with Gasteiger partial charge in [-0.15, -0.1) is 0 Å². The van der Waals surface area contributed by atoms with E-state index >= 15 is 0 Å². The van der Waals surface area contributed by atoms with Crippen molar-refractivity contribution in [2.45, 2.75) is 45.8 Å². The number of hydrogen-bond acceptors (Lipinski definition) is 4. The summed E-state index contributed by atoms with van der Waals surface area (Å²) in [6.07, 6.45) is 0.211. The van der Waals surface area contributed by atoms with E-state index < -0.39 is 22.0 Å². The van der Waals surface area contributed by atoms with E-state index in [2.05, 4.69) is 4.72 Å². The second kappa shape index (κ2) is 7.62. The van der Waals surface area contributed by atoms with Gasteiger partial charge in [0, 0.05) is 6.04 Å². The molecule has 0 fully saturated rings. The molecule has 0 aliphatic carbocycles. The van der Waals surface area contributed by atoms with Crippen LogP contribution in [-0.4, -0.2) is 44.0 Å². The van der Waals surface area contributed by atoms with Crippen molar-refractivity contribution in [3.8, 4) is 0 Å². The van der Waals surface area contributed by atoms with Crippen molar-refractivity contribution < 1.29 is 23.1 Å². The van der Waals surface area contributed by atoms with Gasteiger partial charge >= 0.3 is 5.97 Å². The largest absolute Gasteiger partial charge is 0.481 e. The third kappa shape index (κ3) is 9.08. The molecule has 0 amide bonds. The minimum Gasteiger partial charge on any atom is -0.481 e. The molecule has 1 unspecified atom stereocenters. The molecule has 1 atom stereocenters. The van der Waals surface area contributed by atoms with Crippen molar-refractivity contribution in [2.75, 3.05) is 12.4 Å². The number of carboxylic acids is 1. The topological polar surface area (TPSA) is 92.7 Å². The predicted octanol–water partition coefficient (Wildman–Crippen LogP) is 0.584. The van der Waals surface area contributed by atoms with Crippen molar-refractivity contribution >= 4 is 16.0 Å². The number of nitrogens with one attached hydrogen (secondary N) is 1. The fourth-order valence-electron chi connectivity index (χ4n) is 1.19. The monoisotopic (exact) mass is 267 g/mol. The summed E-state index contributed by atoms with van der Waals surface area (Å²) in [6, 6.07) is -0.559. The number of carboxylic acid groups (broad SMARTS) is 1. The lowest BCUT2D eigenvalue weighted by molar-refractivity contribution is -0.137. The number of carbonyl (C=O) groups is 1. The van der Waals surface area contributed by atoms with Crippen LogP contribution in [0.1, 0.15) is 33.6 Å². The lowest BCUT2D eigenvalue weighted by Crippen LogP contribution is -2.38. The zero-order valence-electron chi connectivity index (χ0n) is 10.5. The Kier molecular flexibility index (Phi) is 7.33. The van der Waals surface area contributed by atoms with Crippen molar-refractivity contribution in [2.24, 2.45) is 0 Å². The van der Waals surface area contributed by atoms with Crippen LogP contribution in [0.5, 0.6) is 0 Å². The molecule has 0 aromatic heterocycles. The Morgan fingerprint density at radius 2 is 2.00 bits per heavy atom. The molecule has 0 heterocycles. The van der Waals surface area contributed by atoms with Crippen LogP contribution in [0.25, 0.3) is 0 Å². The normalized spacial score (nSPS) is 13.9. The summed E-state index contributed by atoms with van der Waals surface area (Å²) in [6.45, 7) is 5.48. The molecule has 2 N–H and O–H groups in total. The zero-order chi connectivity index (χ0) is 13.5. The van der Waals surface area contributed by atoms with Gasteiger partial charge in [-0.2, -0.15) is 0 Å². The highest BCUT2D eigenvalue weighted by Crippen LogP contribution is 2.01. The third-order valence-electron chi connectivity index (χ3n) is 2.06. The van der Waals surface area contributed by atoms with E-state index in [0.29, 0.717) is 6.42 Å². The lowest BCUT2D eigenvalue weighted by atomic mass is 10.2. The molecule has 0 rings (SSSR count). The fraction of sp³-hybridized carbons (Fsp3) is 0.900. The van der Waals surface area contributed by atoms with E-state index in [1.54, 1.807) is 6.92 Å². The second-order valence-corrected chi connectivity index (χ2v) is 5.93. The SMILES string of the molecule is CCC(CC(=O)O)NS(=O)(=O)CCOC(C)C. The zero-order valence-corrected chi connectivity index (χ0v) is 11.3. The molecule has 0 saturated carbocycles. The smallest absolute Gasteiger partial charge is 0.304 e. The van der Waals surface area contributed by atoms with Crippen LogP contribution < -0.4 is 4.72 Å². The van der Waals surface area contributed by atoms with Crippen molar-refractivity contribution in [3.63, 3.8) is 0 Å². The van der Waals surface area contributed by atoms with Crippen LogP contribution in [0, 0.1) is 0 Å². The molecular weight excluding hydrogens is 246 g/mol. The van der Waals surface area contributed by atoms with Gasteiger partial charge in [0.1, 0.15) is 0 Å². The minimum atomic E-state index is -3.47. The summed E-state index contributed by atoms with van der Waals surface area (Å²) in [7, 11) is -3.47. The first-order valence-electron chi connectivity index (χ1n) is 5.60. The number of hydrogen-bond donors (Lipinski definition) is 2. The Balaban J connectivity index is 4.17. The summed E-state index contributed by atoms with van der Waals surface area (Å²) in [5.41, 5.74) is 0. The summed E-state index contributed by atoms with van der Waals surface area (Å²) in [4.78, 5) is 10.5. The molecule has 0 spiro atoms. The molecule has 102 valence electrons. The van der Waals surface area contributed by atoms with Crippen molar-refractivity contribution in [1.29, 1.82) is 0 Å². The maximum Gasteiger partial charge on any atom is 0.304 e. The Morgan fingerprint density at radius 1 is 1.41 bits per heavy atom. The molecule has 0 radical (unpaired) electrons. The summed E-state index contributed by atoms with van der Waals surface area (Å²) >= 11 is 0. The van der Waals surface area contributed by atoms with Crippen molar-refractivity contribution in [1.82, 2.24) is 4.72 Å². The highest BCUT2D eigenvalue weighted by molar-refractivity contribution is 7.89. The van der Waals surface area contributed by atoms with Crippen LogP contribution in [0.3, 0.4) is 0 Å². The predicted molar refractivity (Wildman–Crippen MR) is 64.3 cm³/mol. The van der Waals surface area contributed by atoms with Crippen LogP contribution in [0.15, 0.2) is 0 Å². The Morgan fingerprint density at radius 3 is 2.41 bits per heavy atom. The highest BCUT2D eigenvalue weighted by atomic mass is 32.2. The number of sulfonamides is 1. The highest BCUT2D eigenvalue weighted by Gasteiger charge is 2.18. The van der Waals surface area contributed by atoms with Gasteiger partial charge in [-0.1, -0.05) is 6.92 Å². The quantitative estimate of drug-likeness (QED) is 0.637. The first-order chi connectivity index (χ1) is 7.76. The number of ether oxygens (including phenoxy) is 1. The van der Waals surface area contributed by atoms with E-state index in [-0.39, 0.29) is 24.9 Å². The molecule has 0 aliphatic heterocycles. The summed E-state index contributed by atoms with van der Waals surface area (Å²) in [5.74, 6) is -1.17.